The number of nitrogens with zero attached hydrogens (tertiary/aromatic N) is 4. The Morgan fingerprint density at radius 2 is 1.93 bits per heavy atom. The Bertz CT molecular complexity index is 989. The van der Waals surface area contributed by atoms with Crippen molar-refractivity contribution in [1.82, 2.24) is 24.8 Å². The summed E-state index contributed by atoms with van der Waals surface area (Å²) >= 11 is 0. The van der Waals surface area contributed by atoms with Crippen LogP contribution in [0.4, 0.5) is 0 Å². The fourth-order valence-electron chi connectivity index (χ4n) is 4.70. The molecule has 0 aromatic carbocycles. The Kier molecular flexibility index (Phi) is 4.99. The van der Waals surface area contributed by atoms with Crippen molar-refractivity contribution in [3.05, 3.63) is 28.7 Å². The van der Waals surface area contributed by atoms with Crippen molar-refractivity contribution in [1.29, 1.82) is 0 Å². The third kappa shape index (κ3) is 3.82. The fourth-order valence-corrected chi connectivity index (χ4v) is 4.70. The van der Waals surface area contributed by atoms with Crippen LogP contribution in [0.3, 0.4) is 0 Å². The summed E-state index contributed by atoms with van der Waals surface area (Å²) in [4.78, 5) is 31.8. The van der Waals surface area contributed by atoms with E-state index in [2.05, 4.69) is 17.1 Å². The van der Waals surface area contributed by atoms with E-state index in [0.717, 1.165) is 79.8 Å². The Morgan fingerprint density at radius 1 is 1.13 bits per heavy atom. The molecule has 1 aliphatic heterocycles. The second kappa shape index (κ2) is 7.67. The molecule has 1 atom stereocenters. The van der Waals surface area contributed by atoms with Crippen LogP contribution in [-0.2, 0) is 16.0 Å². The number of hydrogen-bond acceptors (Lipinski definition) is 4. The maximum atomic E-state index is 12.8. The molecule has 1 unspecified atom stereocenters. The van der Waals surface area contributed by atoms with Crippen molar-refractivity contribution in [2.45, 2.75) is 83.7 Å². The monoisotopic (exact) mass is 409 g/mol. The van der Waals surface area contributed by atoms with E-state index in [-0.39, 0.29) is 17.9 Å². The third-order valence-electron chi connectivity index (χ3n) is 6.78. The van der Waals surface area contributed by atoms with Gasteiger partial charge in [0.15, 0.2) is 5.65 Å². The van der Waals surface area contributed by atoms with Crippen molar-refractivity contribution >= 4 is 17.5 Å². The molecule has 2 aromatic rings. The van der Waals surface area contributed by atoms with Gasteiger partial charge in [0, 0.05) is 42.4 Å². The van der Waals surface area contributed by atoms with E-state index in [9.17, 15) is 9.59 Å². The fraction of sp³-hybridized carbons (Fsp3) is 0.652. The number of carbonyl (C=O) groups is 2. The minimum atomic E-state index is 0.0565. The smallest absolute Gasteiger partial charge is 0.226 e. The predicted octanol–water partition coefficient (Wildman–Crippen LogP) is 3.02. The van der Waals surface area contributed by atoms with Crippen LogP contribution < -0.4 is 5.32 Å². The Hall–Kier alpha value is -2.44. The van der Waals surface area contributed by atoms with Crippen LogP contribution in [0.1, 0.15) is 80.1 Å². The van der Waals surface area contributed by atoms with Crippen LogP contribution in [0.25, 0.3) is 5.65 Å². The predicted molar refractivity (Wildman–Crippen MR) is 113 cm³/mol. The first-order chi connectivity index (χ1) is 14.5. The van der Waals surface area contributed by atoms with Gasteiger partial charge in [0.05, 0.1) is 11.7 Å². The second-order valence-corrected chi connectivity index (χ2v) is 9.26. The van der Waals surface area contributed by atoms with Gasteiger partial charge in [-0.2, -0.15) is 5.10 Å². The molecule has 0 spiro atoms. The Labute approximate surface area is 177 Å². The number of hydrogen-bond donors (Lipinski definition) is 1. The van der Waals surface area contributed by atoms with Crippen molar-refractivity contribution in [3.63, 3.8) is 0 Å². The van der Waals surface area contributed by atoms with Crippen molar-refractivity contribution in [2.75, 3.05) is 6.54 Å². The topological polar surface area (TPSA) is 79.6 Å². The van der Waals surface area contributed by atoms with Crippen molar-refractivity contribution < 1.29 is 9.59 Å². The Balaban J connectivity index is 1.39. The van der Waals surface area contributed by atoms with Crippen LogP contribution >= 0.6 is 0 Å². The molecule has 3 heterocycles. The molecule has 5 rings (SSSR count). The first kappa shape index (κ1) is 19.5. The third-order valence-corrected chi connectivity index (χ3v) is 6.78. The molecule has 160 valence electrons. The molecule has 1 saturated heterocycles. The molecule has 1 N–H and O–H groups in total. The lowest BCUT2D eigenvalue weighted by Gasteiger charge is -2.35. The SMILES string of the molecule is Cc1nc2cc(C3CCCCN3C(=O)C3CC3)nn2c(C)c1CCC(=O)NC1CC1. The normalized spacial score (nSPS) is 21.8. The number of rotatable bonds is 6. The van der Waals surface area contributed by atoms with Gasteiger partial charge < -0.3 is 10.2 Å². The highest BCUT2D eigenvalue weighted by Gasteiger charge is 2.38. The maximum absolute atomic E-state index is 12.8. The highest BCUT2D eigenvalue weighted by atomic mass is 16.2. The highest BCUT2D eigenvalue weighted by molar-refractivity contribution is 5.81. The minimum Gasteiger partial charge on any atom is -0.353 e. The van der Waals surface area contributed by atoms with Gasteiger partial charge in [0.2, 0.25) is 11.8 Å². The van der Waals surface area contributed by atoms with Gasteiger partial charge in [0.1, 0.15) is 0 Å². The van der Waals surface area contributed by atoms with Gasteiger partial charge in [-0.25, -0.2) is 9.50 Å². The zero-order chi connectivity index (χ0) is 20.8. The molecule has 0 radical (unpaired) electrons. The van der Waals surface area contributed by atoms with Crippen LogP contribution in [-0.4, -0.2) is 43.9 Å². The van der Waals surface area contributed by atoms with Gasteiger partial charge in [-0.15, -0.1) is 0 Å². The molecule has 7 heteroatoms. The van der Waals surface area contributed by atoms with Crippen LogP contribution in [0.2, 0.25) is 0 Å². The first-order valence-corrected chi connectivity index (χ1v) is 11.5. The molecular weight excluding hydrogens is 378 g/mol. The molecule has 3 fully saturated rings. The summed E-state index contributed by atoms with van der Waals surface area (Å²) in [5.41, 5.74) is 4.87. The lowest BCUT2D eigenvalue weighted by Crippen LogP contribution is -2.39. The van der Waals surface area contributed by atoms with E-state index in [4.69, 9.17) is 10.1 Å². The average Bonchev–Trinajstić information content (AvgIpc) is 3.66. The summed E-state index contributed by atoms with van der Waals surface area (Å²) in [5.74, 6) is 0.659. The summed E-state index contributed by atoms with van der Waals surface area (Å²) in [6.45, 7) is 4.90. The molecule has 3 aliphatic rings. The number of likely N-dealkylation sites (tertiary alicyclic amines) is 1. The molecular formula is C23H31N5O2. The van der Waals surface area contributed by atoms with E-state index < -0.39 is 0 Å². The molecule has 7 nitrogen and oxygen atoms in total. The second-order valence-electron chi connectivity index (χ2n) is 9.26. The van der Waals surface area contributed by atoms with Crippen LogP contribution in [0, 0.1) is 19.8 Å². The molecule has 2 aromatic heterocycles. The summed E-state index contributed by atoms with van der Waals surface area (Å²) in [5, 5.41) is 7.95. The van der Waals surface area contributed by atoms with E-state index >= 15 is 0 Å². The van der Waals surface area contributed by atoms with Crippen LogP contribution in [0.15, 0.2) is 6.07 Å². The number of nitrogens with one attached hydrogen (secondary N) is 1. The number of aromatic nitrogens is 3. The largest absolute Gasteiger partial charge is 0.353 e. The van der Waals surface area contributed by atoms with Crippen molar-refractivity contribution in [3.8, 4) is 0 Å². The van der Waals surface area contributed by atoms with E-state index in [1.54, 1.807) is 0 Å². The maximum Gasteiger partial charge on any atom is 0.226 e. The number of piperidine rings is 1. The van der Waals surface area contributed by atoms with E-state index in [1.165, 1.54) is 0 Å². The number of carbonyl (C=O) groups excluding carboxylic acids is 2. The average molecular weight is 410 g/mol. The summed E-state index contributed by atoms with van der Waals surface area (Å²) < 4.78 is 1.91. The number of amides is 2. The summed E-state index contributed by atoms with van der Waals surface area (Å²) in [6.07, 6.45) is 8.59. The van der Waals surface area contributed by atoms with Gasteiger partial charge >= 0.3 is 0 Å². The summed E-state index contributed by atoms with van der Waals surface area (Å²) in [6, 6.07) is 2.50. The van der Waals surface area contributed by atoms with Crippen molar-refractivity contribution in [2.24, 2.45) is 5.92 Å². The van der Waals surface area contributed by atoms with Crippen LogP contribution in [0.5, 0.6) is 0 Å². The minimum absolute atomic E-state index is 0.0565. The molecule has 30 heavy (non-hydrogen) atoms. The Morgan fingerprint density at radius 3 is 2.67 bits per heavy atom. The molecule has 0 bridgehead atoms. The van der Waals surface area contributed by atoms with E-state index in [0.29, 0.717) is 24.8 Å². The number of fused-ring (bicyclic) bond motifs is 1. The van der Waals surface area contributed by atoms with Gasteiger partial charge in [-0.3, -0.25) is 9.59 Å². The number of aryl methyl sites for hydroxylation is 2. The lowest BCUT2D eigenvalue weighted by atomic mass is 9.98. The molecule has 2 amide bonds. The zero-order valence-corrected chi connectivity index (χ0v) is 18.0. The van der Waals surface area contributed by atoms with Gasteiger partial charge in [0.25, 0.3) is 0 Å². The standard InChI is InChI=1S/C23H31N5O2/c1-14-18(10-11-22(29)25-17-8-9-17)15(2)28-21(24-14)13-19(26-28)20-5-3-4-12-27(20)23(30)16-6-7-16/h13,16-17,20H,3-12H2,1-2H3,(H,25,29). The summed E-state index contributed by atoms with van der Waals surface area (Å²) in [7, 11) is 0. The first-order valence-electron chi connectivity index (χ1n) is 11.5. The zero-order valence-electron chi connectivity index (χ0n) is 18.0. The van der Waals surface area contributed by atoms with E-state index in [1.807, 2.05) is 17.5 Å². The van der Waals surface area contributed by atoms with Gasteiger partial charge in [-0.1, -0.05) is 0 Å². The lowest BCUT2D eigenvalue weighted by molar-refractivity contribution is -0.136. The van der Waals surface area contributed by atoms with Gasteiger partial charge in [-0.05, 0) is 70.8 Å². The molecule has 2 saturated carbocycles. The highest BCUT2D eigenvalue weighted by Crippen LogP contribution is 2.38. The quantitative estimate of drug-likeness (QED) is 0.795. The molecule has 2 aliphatic carbocycles.